The molecule has 3 rings (SSSR count). The van der Waals surface area contributed by atoms with Crippen molar-refractivity contribution >= 4 is 32.5 Å². The van der Waals surface area contributed by atoms with Crippen molar-refractivity contribution in [2.45, 2.75) is 6.92 Å². The molecule has 0 aliphatic heterocycles. The summed E-state index contributed by atoms with van der Waals surface area (Å²) < 4.78 is 14.7. The summed E-state index contributed by atoms with van der Waals surface area (Å²) in [6.45, 7) is 2.76. The van der Waals surface area contributed by atoms with E-state index in [-0.39, 0.29) is 5.82 Å². The summed E-state index contributed by atoms with van der Waals surface area (Å²) in [5.74, 6) is 1.07. The van der Waals surface area contributed by atoms with Gasteiger partial charge in [-0.05, 0) is 40.4 Å². The van der Waals surface area contributed by atoms with Crippen molar-refractivity contribution in [3.8, 4) is 11.4 Å². The van der Waals surface area contributed by atoms with Crippen LogP contribution in [0.2, 0.25) is 0 Å². The third kappa shape index (κ3) is 2.61. The Kier molecular flexibility index (Phi) is 3.84. The minimum Gasteiger partial charge on any atom is -0.369 e. The van der Waals surface area contributed by atoms with Crippen molar-refractivity contribution in [2.75, 3.05) is 11.9 Å². The smallest absolute Gasteiger partial charge is 0.162 e. The van der Waals surface area contributed by atoms with E-state index in [9.17, 15) is 4.39 Å². The van der Waals surface area contributed by atoms with Gasteiger partial charge in [-0.1, -0.05) is 24.3 Å². The molecule has 0 saturated carbocycles. The first-order valence-corrected chi connectivity index (χ1v) is 7.44. The van der Waals surface area contributed by atoms with Gasteiger partial charge >= 0.3 is 0 Å². The molecule has 5 heteroatoms. The summed E-state index contributed by atoms with van der Waals surface area (Å²) >= 11 is 3.42. The van der Waals surface area contributed by atoms with Crippen molar-refractivity contribution in [3.05, 3.63) is 52.9 Å². The van der Waals surface area contributed by atoms with Crippen molar-refractivity contribution in [1.82, 2.24) is 9.97 Å². The molecule has 1 heterocycles. The highest BCUT2D eigenvalue weighted by Gasteiger charge is 2.11. The van der Waals surface area contributed by atoms with Crippen molar-refractivity contribution in [3.63, 3.8) is 0 Å². The Labute approximate surface area is 130 Å². The van der Waals surface area contributed by atoms with E-state index in [0.29, 0.717) is 11.2 Å². The zero-order valence-electron chi connectivity index (χ0n) is 11.4. The van der Waals surface area contributed by atoms with Crippen LogP contribution < -0.4 is 5.32 Å². The van der Waals surface area contributed by atoms with Crippen LogP contribution in [0.5, 0.6) is 0 Å². The van der Waals surface area contributed by atoms with Crippen LogP contribution in [0.1, 0.15) is 6.92 Å². The molecule has 0 atom stereocenters. The maximum Gasteiger partial charge on any atom is 0.162 e. The lowest BCUT2D eigenvalue weighted by molar-refractivity contribution is 0.640. The Morgan fingerprint density at radius 2 is 1.90 bits per heavy atom. The maximum atomic E-state index is 13.9. The van der Waals surface area contributed by atoms with Crippen molar-refractivity contribution in [2.24, 2.45) is 0 Å². The second-order valence-electron chi connectivity index (χ2n) is 4.56. The lowest BCUT2D eigenvalue weighted by atomic mass is 10.0. The molecule has 0 bridgehead atoms. The number of nitrogens with one attached hydrogen (secondary N) is 1. The van der Waals surface area contributed by atoms with E-state index < -0.39 is 0 Å². The number of aromatic nitrogens is 2. The van der Waals surface area contributed by atoms with Crippen LogP contribution >= 0.6 is 15.9 Å². The molecule has 0 amide bonds. The van der Waals surface area contributed by atoms with Gasteiger partial charge in [0.1, 0.15) is 11.6 Å². The molecular formula is C16H13BrFN3. The third-order valence-electron chi connectivity index (χ3n) is 3.20. The molecule has 1 N–H and O–H groups in total. The first-order valence-electron chi connectivity index (χ1n) is 6.64. The van der Waals surface area contributed by atoms with Crippen LogP contribution in [0.15, 0.2) is 47.1 Å². The van der Waals surface area contributed by atoms with Crippen LogP contribution in [0, 0.1) is 5.82 Å². The minimum atomic E-state index is -0.238. The van der Waals surface area contributed by atoms with E-state index in [4.69, 9.17) is 0 Å². The van der Waals surface area contributed by atoms with Crippen LogP contribution in [-0.4, -0.2) is 16.5 Å². The number of anilines is 1. The number of hydrogen-bond donors (Lipinski definition) is 1. The quantitative estimate of drug-likeness (QED) is 0.751. The normalized spacial score (nSPS) is 10.8. The fraction of sp³-hybridized carbons (Fsp3) is 0.125. The molecule has 0 aliphatic carbocycles. The molecule has 2 aromatic carbocycles. The first kappa shape index (κ1) is 13.9. The molecule has 0 fully saturated rings. The summed E-state index contributed by atoms with van der Waals surface area (Å²) in [6.07, 6.45) is 1.71. The van der Waals surface area contributed by atoms with E-state index in [1.165, 1.54) is 6.07 Å². The van der Waals surface area contributed by atoms with Gasteiger partial charge in [0.2, 0.25) is 0 Å². The Hall–Kier alpha value is -2.01. The lowest BCUT2D eigenvalue weighted by Gasteiger charge is -2.09. The Bertz CT molecular complexity index is 805. The van der Waals surface area contributed by atoms with Crippen LogP contribution in [-0.2, 0) is 0 Å². The lowest BCUT2D eigenvalue weighted by Crippen LogP contribution is -2.02. The van der Waals surface area contributed by atoms with Gasteiger partial charge < -0.3 is 5.32 Å². The highest BCUT2D eigenvalue weighted by Crippen LogP contribution is 2.30. The zero-order valence-corrected chi connectivity index (χ0v) is 13.0. The average molecular weight is 346 g/mol. The molecule has 3 aromatic rings. The standard InChI is InChI=1S/C16H13BrFN3/c1-2-19-16-13(17)9-20-15(21-16)12-7-8-14(18)11-6-4-3-5-10(11)12/h3-9H,2H2,1H3,(H,19,20,21). The number of rotatable bonds is 3. The summed E-state index contributed by atoms with van der Waals surface area (Å²) in [5, 5.41) is 4.56. The Morgan fingerprint density at radius 1 is 1.14 bits per heavy atom. The van der Waals surface area contributed by atoms with Crippen molar-refractivity contribution in [1.29, 1.82) is 0 Å². The number of nitrogens with zero attached hydrogens (tertiary/aromatic N) is 2. The topological polar surface area (TPSA) is 37.8 Å². The second-order valence-corrected chi connectivity index (χ2v) is 5.42. The molecular weight excluding hydrogens is 333 g/mol. The predicted octanol–water partition coefficient (Wildman–Crippen LogP) is 4.63. The maximum absolute atomic E-state index is 13.9. The molecule has 0 saturated heterocycles. The molecule has 1 aromatic heterocycles. The second kappa shape index (κ2) is 5.77. The summed E-state index contributed by atoms with van der Waals surface area (Å²) in [7, 11) is 0. The molecule has 106 valence electrons. The Balaban J connectivity index is 2.21. The average Bonchev–Trinajstić information content (AvgIpc) is 2.51. The van der Waals surface area contributed by atoms with Gasteiger partial charge in [0, 0.05) is 23.7 Å². The van der Waals surface area contributed by atoms with E-state index in [1.54, 1.807) is 18.3 Å². The van der Waals surface area contributed by atoms with Crippen molar-refractivity contribution < 1.29 is 4.39 Å². The summed E-state index contributed by atoms with van der Waals surface area (Å²) in [6, 6.07) is 10.5. The van der Waals surface area contributed by atoms with Gasteiger partial charge in [-0.25, -0.2) is 14.4 Å². The molecule has 0 radical (unpaired) electrons. The summed E-state index contributed by atoms with van der Waals surface area (Å²) in [4.78, 5) is 8.87. The van der Waals surface area contributed by atoms with Crippen LogP contribution in [0.4, 0.5) is 10.2 Å². The number of halogens is 2. The largest absolute Gasteiger partial charge is 0.369 e. The van der Waals surface area contributed by atoms with Gasteiger partial charge in [-0.15, -0.1) is 0 Å². The van der Waals surface area contributed by atoms with E-state index in [1.807, 2.05) is 25.1 Å². The molecule has 21 heavy (non-hydrogen) atoms. The third-order valence-corrected chi connectivity index (χ3v) is 3.78. The van der Waals surface area contributed by atoms with Gasteiger partial charge in [-0.3, -0.25) is 0 Å². The number of benzene rings is 2. The SMILES string of the molecule is CCNc1nc(-c2ccc(F)c3ccccc23)ncc1Br. The van der Waals surface area contributed by atoms with E-state index in [0.717, 1.165) is 27.8 Å². The van der Waals surface area contributed by atoms with E-state index in [2.05, 4.69) is 31.2 Å². The highest BCUT2D eigenvalue weighted by atomic mass is 79.9. The molecule has 0 aliphatic rings. The van der Waals surface area contributed by atoms with Gasteiger partial charge in [0.25, 0.3) is 0 Å². The van der Waals surface area contributed by atoms with Crippen LogP contribution in [0.25, 0.3) is 22.2 Å². The van der Waals surface area contributed by atoms with Gasteiger partial charge in [-0.2, -0.15) is 0 Å². The monoisotopic (exact) mass is 345 g/mol. The number of fused-ring (bicyclic) bond motifs is 1. The molecule has 0 spiro atoms. The predicted molar refractivity (Wildman–Crippen MR) is 86.8 cm³/mol. The fourth-order valence-corrected chi connectivity index (χ4v) is 2.58. The zero-order chi connectivity index (χ0) is 14.8. The van der Waals surface area contributed by atoms with Gasteiger partial charge in [0.15, 0.2) is 5.82 Å². The Morgan fingerprint density at radius 3 is 2.67 bits per heavy atom. The van der Waals surface area contributed by atoms with Gasteiger partial charge in [0.05, 0.1) is 4.47 Å². The molecule has 0 unspecified atom stereocenters. The minimum absolute atomic E-state index is 0.238. The molecule has 3 nitrogen and oxygen atoms in total. The van der Waals surface area contributed by atoms with E-state index >= 15 is 0 Å². The fourth-order valence-electron chi connectivity index (χ4n) is 2.25. The number of hydrogen-bond acceptors (Lipinski definition) is 3. The first-order chi connectivity index (χ1) is 10.2. The highest BCUT2D eigenvalue weighted by molar-refractivity contribution is 9.10. The van der Waals surface area contributed by atoms with Crippen LogP contribution in [0.3, 0.4) is 0 Å². The summed E-state index contributed by atoms with van der Waals surface area (Å²) in [5.41, 5.74) is 0.818.